The Morgan fingerprint density at radius 2 is 1.67 bits per heavy atom. The molecule has 1 spiro atoms. The van der Waals surface area contributed by atoms with Gasteiger partial charge in [-0.1, -0.05) is 52.3 Å². The van der Waals surface area contributed by atoms with Crippen molar-refractivity contribution in [2.24, 2.45) is 0 Å². The fourth-order valence-electron chi connectivity index (χ4n) is 4.39. The van der Waals surface area contributed by atoms with E-state index < -0.39 is 5.79 Å². The lowest BCUT2D eigenvalue weighted by Gasteiger charge is -2.40. The fraction of sp³-hybridized carbons (Fsp3) is 0.0370. The smallest absolute Gasteiger partial charge is 0.299 e. The molecular weight excluding hydrogens is 482 g/mol. The van der Waals surface area contributed by atoms with E-state index in [1.165, 1.54) is 6.07 Å². The summed E-state index contributed by atoms with van der Waals surface area (Å²) in [5, 5.41) is 12.8. The van der Waals surface area contributed by atoms with E-state index in [1.54, 1.807) is 12.1 Å². The predicted octanol–water partition coefficient (Wildman–Crippen LogP) is 7.25. The van der Waals surface area contributed by atoms with Gasteiger partial charge < -0.3 is 9.47 Å². The fourth-order valence-corrected chi connectivity index (χ4v) is 4.77. The van der Waals surface area contributed by atoms with Crippen LogP contribution in [-0.2, 0) is 0 Å². The highest BCUT2D eigenvalue weighted by Gasteiger charge is 2.43. The van der Waals surface area contributed by atoms with Crippen LogP contribution in [0.2, 0.25) is 0 Å². The molecule has 2 aliphatic heterocycles. The third-order valence-electron chi connectivity index (χ3n) is 5.94. The van der Waals surface area contributed by atoms with Crippen molar-refractivity contribution in [3.63, 3.8) is 0 Å². The molecular formula is C27H16BrNO4. The molecule has 0 fully saturated rings. The Morgan fingerprint density at radius 3 is 2.48 bits per heavy atom. The van der Waals surface area contributed by atoms with Gasteiger partial charge in [0.15, 0.2) is 0 Å². The molecule has 0 saturated carbocycles. The van der Waals surface area contributed by atoms with Crippen LogP contribution < -0.4 is 9.47 Å². The van der Waals surface area contributed by atoms with Gasteiger partial charge in [0.05, 0.1) is 4.92 Å². The molecule has 2 heterocycles. The van der Waals surface area contributed by atoms with E-state index in [9.17, 15) is 10.1 Å². The molecule has 6 rings (SSSR count). The number of halogens is 1. The summed E-state index contributed by atoms with van der Waals surface area (Å²) in [6.07, 6.45) is 5.99. The number of hydrogen-bond donors (Lipinski definition) is 0. The summed E-state index contributed by atoms with van der Waals surface area (Å²) < 4.78 is 14.1. The summed E-state index contributed by atoms with van der Waals surface area (Å²) in [6.45, 7) is 0. The number of hydrogen-bond acceptors (Lipinski definition) is 4. The van der Waals surface area contributed by atoms with Crippen molar-refractivity contribution in [3.05, 3.63) is 116 Å². The molecule has 160 valence electrons. The summed E-state index contributed by atoms with van der Waals surface area (Å²) in [6, 6.07) is 24.4. The summed E-state index contributed by atoms with van der Waals surface area (Å²) in [5.74, 6) is 0.243. The van der Waals surface area contributed by atoms with E-state index in [1.807, 2.05) is 72.8 Å². The zero-order valence-corrected chi connectivity index (χ0v) is 18.8. The zero-order valence-electron chi connectivity index (χ0n) is 17.2. The number of benzene rings is 4. The molecule has 0 amide bonds. The van der Waals surface area contributed by atoms with Crippen LogP contribution >= 0.6 is 15.9 Å². The average molecular weight is 498 g/mol. The molecule has 0 aromatic heterocycles. The van der Waals surface area contributed by atoms with Gasteiger partial charge in [-0.25, -0.2) is 0 Å². The Kier molecular flexibility index (Phi) is 4.38. The number of fused-ring (bicyclic) bond motifs is 4. The first-order valence-corrected chi connectivity index (χ1v) is 11.2. The SMILES string of the molecule is O=[N+]([O-])c1ccc2c3c(ccc2c1)OC1(C=C3)Oc2ccc(Br)cc2C=C1c1ccccc1. The Morgan fingerprint density at radius 1 is 0.879 bits per heavy atom. The highest BCUT2D eigenvalue weighted by Crippen LogP contribution is 2.47. The lowest BCUT2D eigenvalue weighted by atomic mass is 9.89. The van der Waals surface area contributed by atoms with Crippen LogP contribution in [0.15, 0.2) is 89.4 Å². The first-order valence-electron chi connectivity index (χ1n) is 10.4. The van der Waals surface area contributed by atoms with Crippen molar-refractivity contribution in [2.45, 2.75) is 5.79 Å². The van der Waals surface area contributed by atoms with E-state index in [-0.39, 0.29) is 10.6 Å². The van der Waals surface area contributed by atoms with Crippen molar-refractivity contribution in [3.8, 4) is 11.5 Å². The molecule has 2 aliphatic rings. The normalized spacial score (nSPS) is 18.2. The molecule has 0 bridgehead atoms. The van der Waals surface area contributed by atoms with Crippen molar-refractivity contribution in [2.75, 3.05) is 0 Å². The van der Waals surface area contributed by atoms with Crippen LogP contribution in [0.25, 0.3) is 28.5 Å². The maximum atomic E-state index is 11.2. The van der Waals surface area contributed by atoms with Gasteiger partial charge in [0.2, 0.25) is 0 Å². The molecule has 1 atom stereocenters. The molecule has 0 N–H and O–H groups in total. The second-order valence-electron chi connectivity index (χ2n) is 7.95. The van der Waals surface area contributed by atoms with Crippen LogP contribution in [0.3, 0.4) is 0 Å². The van der Waals surface area contributed by atoms with Crippen molar-refractivity contribution < 1.29 is 14.4 Å². The van der Waals surface area contributed by atoms with Gasteiger partial charge >= 0.3 is 0 Å². The summed E-state index contributed by atoms with van der Waals surface area (Å²) >= 11 is 3.54. The first kappa shape index (κ1) is 19.8. The molecule has 0 saturated heterocycles. The van der Waals surface area contributed by atoms with Crippen LogP contribution in [-0.4, -0.2) is 10.7 Å². The maximum Gasteiger partial charge on any atom is 0.299 e. The second-order valence-corrected chi connectivity index (χ2v) is 8.87. The Hall–Kier alpha value is -3.90. The van der Waals surface area contributed by atoms with Gasteiger partial charge in [0.1, 0.15) is 11.5 Å². The number of nitrogens with zero attached hydrogens (tertiary/aromatic N) is 1. The number of rotatable bonds is 2. The third kappa shape index (κ3) is 3.22. The van der Waals surface area contributed by atoms with Gasteiger partial charge in [0.25, 0.3) is 11.5 Å². The van der Waals surface area contributed by atoms with E-state index in [0.29, 0.717) is 5.75 Å². The quantitative estimate of drug-likeness (QED) is 0.216. The predicted molar refractivity (Wildman–Crippen MR) is 132 cm³/mol. The highest BCUT2D eigenvalue weighted by atomic mass is 79.9. The monoisotopic (exact) mass is 497 g/mol. The molecule has 0 radical (unpaired) electrons. The second kappa shape index (κ2) is 7.32. The van der Waals surface area contributed by atoms with Gasteiger partial charge in [0, 0.05) is 39.4 Å². The summed E-state index contributed by atoms with van der Waals surface area (Å²) in [5.41, 5.74) is 3.77. The molecule has 0 aliphatic carbocycles. The zero-order chi connectivity index (χ0) is 22.6. The molecule has 1 unspecified atom stereocenters. The molecule has 5 nitrogen and oxygen atoms in total. The van der Waals surface area contributed by atoms with Crippen molar-refractivity contribution in [1.82, 2.24) is 0 Å². The summed E-state index contributed by atoms with van der Waals surface area (Å²) in [4.78, 5) is 10.8. The van der Waals surface area contributed by atoms with E-state index in [2.05, 4.69) is 22.0 Å². The summed E-state index contributed by atoms with van der Waals surface area (Å²) in [7, 11) is 0. The van der Waals surface area contributed by atoms with Crippen LogP contribution in [0.5, 0.6) is 11.5 Å². The van der Waals surface area contributed by atoms with Crippen molar-refractivity contribution >= 4 is 50.1 Å². The van der Waals surface area contributed by atoms with Crippen LogP contribution in [0, 0.1) is 10.1 Å². The first-order chi connectivity index (χ1) is 16.0. The van der Waals surface area contributed by atoms with Crippen LogP contribution in [0.4, 0.5) is 5.69 Å². The minimum Gasteiger partial charge on any atom is -0.444 e. The van der Waals surface area contributed by atoms with E-state index >= 15 is 0 Å². The maximum absolute atomic E-state index is 11.2. The Balaban J connectivity index is 1.51. The average Bonchev–Trinajstić information content (AvgIpc) is 2.84. The third-order valence-corrected chi connectivity index (χ3v) is 6.43. The minimum atomic E-state index is -1.14. The number of nitro benzene ring substituents is 1. The highest BCUT2D eigenvalue weighted by molar-refractivity contribution is 9.10. The Labute approximate surface area is 197 Å². The molecule has 33 heavy (non-hydrogen) atoms. The molecule has 6 heteroatoms. The molecule has 4 aromatic carbocycles. The number of nitro groups is 1. The number of ether oxygens (including phenoxy) is 2. The van der Waals surface area contributed by atoms with Gasteiger partial charge in [-0.2, -0.15) is 0 Å². The lowest BCUT2D eigenvalue weighted by Crippen LogP contribution is -2.44. The minimum absolute atomic E-state index is 0.0623. The largest absolute Gasteiger partial charge is 0.444 e. The standard InChI is InChI=1S/C27H16BrNO4/c28-20-7-11-25-19(14-20)16-24(17-4-2-1-3-5-17)27(32-25)13-12-23-22-9-8-21(29(30)31)15-18(22)6-10-26(23)33-27/h1-16H. The van der Waals surface area contributed by atoms with E-state index in [0.717, 1.165) is 43.3 Å². The topological polar surface area (TPSA) is 61.6 Å². The lowest BCUT2D eigenvalue weighted by molar-refractivity contribution is -0.384. The van der Waals surface area contributed by atoms with E-state index in [4.69, 9.17) is 9.47 Å². The van der Waals surface area contributed by atoms with Gasteiger partial charge in [-0.15, -0.1) is 0 Å². The Bertz CT molecular complexity index is 1510. The van der Waals surface area contributed by atoms with Crippen LogP contribution in [0.1, 0.15) is 16.7 Å². The van der Waals surface area contributed by atoms with Gasteiger partial charge in [-0.3, -0.25) is 10.1 Å². The van der Waals surface area contributed by atoms with Crippen molar-refractivity contribution in [1.29, 1.82) is 0 Å². The molecule has 4 aromatic rings. The van der Waals surface area contributed by atoms with Gasteiger partial charge in [-0.05, 0) is 58.8 Å². The number of non-ortho nitro benzene ring substituents is 1.